The van der Waals surface area contributed by atoms with E-state index in [1.165, 1.54) is 19.3 Å². The predicted octanol–water partition coefficient (Wildman–Crippen LogP) is 2.02. The van der Waals surface area contributed by atoms with Crippen molar-refractivity contribution in [2.45, 2.75) is 33.1 Å². The van der Waals surface area contributed by atoms with Crippen LogP contribution in [0, 0.1) is 17.8 Å². The van der Waals surface area contributed by atoms with Crippen molar-refractivity contribution in [2.75, 3.05) is 6.54 Å². The number of nitrogens with two attached hydrogens (primary N) is 1. The molecule has 0 amide bonds. The molecule has 10 heavy (non-hydrogen) atoms. The Kier molecular flexibility index (Phi) is 2.72. The minimum Gasteiger partial charge on any atom is -0.330 e. The first kappa shape index (κ1) is 8.06. The topological polar surface area (TPSA) is 26.0 Å². The van der Waals surface area contributed by atoms with Gasteiger partial charge in [-0.15, -0.1) is 0 Å². The number of hydrogen-bond donors (Lipinski definition) is 1. The molecule has 0 aromatic rings. The van der Waals surface area contributed by atoms with Crippen molar-refractivity contribution < 1.29 is 0 Å². The molecule has 1 heteroatoms. The number of hydrogen-bond acceptors (Lipinski definition) is 1. The molecular formula is C9H19N. The van der Waals surface area contributed by atoms with E-state index in [9.17, 15) is 0 Å². The van der Waals surface area contributed by atoms with Crippen LogP contribution >= 0.6 is 0 Å². The second-order valence-electron chi connectivity index (χ2n) is 3.83. The summed E-state index contributed by atoms with van der Waals surface area (Å²) in [5.74, 6) is 2.60. The molecule has 1 aliphatic carbocycles. The Hall–Kier alpha value is -0.0400. The highest BCUT2D eigenvalue weighted by atomic mass is 14.6. The van der Waals surface area contributed by atoms with E-state index in [0.29, 0.717) is 0 Å². The first-order chi connectivity index (χ1) is 4.75. The maximum Gasteiger partial charge on any atom is -0.00461 e. The van der Waals surface area contributed by atoms with E-state index in [1.54, 1.807) is 0 Å². The van der Waals surface area contributed by atoms with Gasteiger partial charge in [-0.2, -0.15) is 0 Å². The van der Waals surface area contributed by atoms with Crippen LogP contribution in [0.1, 0.15) is 33.1 Å². The molecule has 0 aromatic heterocycles. The third-order valence-electron chi connectivity index (χ3n) is 2.88. The Morgan fingerprint density at radius 2 is 2.10 bits per heavy atom. The Bertz CT molecular complexity index is 98.9. The lowest BCUT2D eigenvalue weighted by molar-refractivity contribution is 0.301. The lowest BCUT2D eigenvalue weighted by Crippen LogP contribution is -2.21. The molecule has 0 saturated heterocycles. The molecule has 2 N–H and O–H groups in total. The molecule has 2 atom stereocenters. The molecule has 0 heterocycles. The molecule has 0 aliphatic heterocycles. The van der Waals surface area contributed by atoms with E-state index in [1.807, 2.05) is 0 Å². The van der Waals surface area contributed by atoms with E-state index >= 15 is 0 Å². The molecule has 0 radical (unpaired) electrons. The van der Waals surface area contributed by atoms with Crippen LogP contribution in [0.25, 0.3) is 0 Å². The van der Waals surface area contributed by atoms with Gasteiger partial charge in [-0.05, 0) is 37.1 Å². The van der Waals surface area contributed by atoms with Crippen LogP contribution in [0.3, 0.4) is 0 Å². The van der Waals surface area contributed by atoms with Crippen LogP contribution < -0.4 is 5.73 Å². The van der Waals surface area contributed by atoms with Gasteiger partial charge >= 0.3 is 0 Å². The zero-order valence-electron chi connectivity index (χ0n) is 7.14. The van der Waals surface area contributed by atoms with Gasteiger partial charge in [0.2, 0.25) is 0 Å². The van der Waals surface area contributed by atoms with E-state index in [2.05, 4.69) is 13.8 Å². The van der Waals surface area contributed by atoms with E-state index < -0.39 is 0 Å². The van der Waals surface area contributed by atoms with Crippen LogP contribution in [0.4, 0.5) is 0 Å². The van der Waals surface area contributed by atoms with Gasteiger partial charge in [-0.1, -0.05) is 20.3 Å². The van der Waals surface area contributed by atoms with Crippen molar-refractivity contribution in [1.82, 2.24) is 0 Å². The monoisotopic (exact) mass is 141 g/mol. The summed E-state index contributed by atoms with van der Waals surface area (Å²) < 4.78 is 0. The van der Waals surface area contributed by atoms with Gasteiger partial charge in [0, 0.05) is 0 Å². The lowest BCUT2D eigenvalue weighted by Gasteiger charge is -2.21. The minimum absolute atomic E-state index is 0.833. The van der Waals surface area contributed by atoms with Crippen molar-refractivity contribution in [3.63, 3.8) is 0 Å². The molecule has 0 spiro atoms. The van der Waals surface area contributed by atoms with E-state index in [-0.39, 0.29) is 0 Å². The molecule has 1 rings (SSSR count). The standard InChI is InChI=1S/C9H19N/c1-7(2)9-5-3-4-8(9)6-10/h7-9H,3-6,10H2,1-2H3/t8?,9-/m1/s1. The fourth-order valence-corrected chi connectivity index (χ4v) is 2.24. The summed E-state index contributed by atoms with van der Waals surface area (Å²) in [6.45, 7) is 5.54. The van der Waals surface area contributed by atoms with Crippen molar-refractivity contribution in [2.24, 2.45) is 23.5 Å². The van der Waals surface area contributed by atoms with Gasteiger partial charge in [0.05, 0.1) is 0 Å². The third kappa shape index (κ3) is 1.51. The van der Waals surface area contributed by atoms with Crippen LogP contribution in [-0.4, -0.2) is 6.54 Å². The number of rotatable bonds is 2. The first-order valence-corrected chi connectivity index (χ1v) is 4.45. The maximum atomic E-state index is 5.66. The second-order valence-corrected chi connectivity index (χ2v) is 3.83. The first-order valence-electron chi connectivity index (χ1n) is 4.45. The van der Waals surface area contributed by atoms with Gasteiger partial charge < -0.3 is 5.73 Å². The molecule has 0 bridgehead atoms. The summed E-state index contributed by atoms with van der Waals surface area (Å²) in [7, 11) is 0. The molecule has 1 unspecified atom stereocenters. The predicted molar refractivity (Wildman–Crippen MR) is 44.7 cm³/mol. The molecule has 1 nitrogen and oxygen atoms in total. The minimum atomic E-state index is 0.833. The van der Waals surface area contributed by atoms with Crippen LogP contribution in [0.2, 0.25) is 0 Å². The average Bonchev–Trinajstić information content (AvgIpc) is 2.33. The van der Waals surface area contributed by atoms with Gasteiger partial charge in [0.25, 0.3) is 0 Å². The molecule has 60 valence electrons. The van der Waals surface area contributed by atoms with Crippen molar-refractivity contribution >= 4 is 0 Å². The summed E-state index contributed by atoms with van der Waals surface area (Å²) in [5.41, 5.74) is 5.66. The molecule has 1 aliphatic rings. The fourth-order valence-electron chi connectivity index (χ4n) is 2.24. The Balaban J connectivity index is 2.42. The summed E-state index contributed by atoms with van der Waals surface area (Å²) in [6.07, 6.45) is 4.20. The van der Waals surface area contributed by atoms with Crippen molar-refractivity contribution in [3.8, 4) is 0 Å². The lowest BCUT2D eigenvalue weighted by atomic mass is 9.86. The summed E-state index contributed by atoms with van der Waals surface area (Å²) in [6, 6.07) is 0. The summed E-state index contributed by atoms with van der Waals surface area (Å²) >= 11 is 0. The quantitative estimate of drug-likeness (QED) is 0.625. The van der Waals surface area contributed by atoms with Crippen LogP contribution in [-0.2, 0) is 0 Å². The maximum absolute atomic E-state index is 5.66. The largest absolute Gasteiger partial charge is 0.330 e. The van der Waals surface area contributed by atoms with Crippen LogP contribution in [0.5, 0.6) is 0 Å². The third-order valence-corrected chi connectivity index (χ3v) is 2.88. The Morgan fingerprint density at radius 3 is 2.50 bits per heavy atom. The fraction of sp³-hybridized carbons (Fsp3) is 1.00. The second kappa shape index (κ2) is 3.38. The Morgan fingerprint density at radius 1 is 1.40 bits per heavy atom. The summed E-state index contributed by atoms with van der Waals surface area (Å²) in [5, 5.41) is 0. The average molecular weight is 141 g/mol. The van der Waals surface area contributed by atoms with Crippen molar-refractivity contribution in [1.29, 1.82) is 0 Å². The van der Waals surface area contributed by atoms with Gasteiger partial charge in [0.15, 0.2) is 0 Å². The normalized spacial score (nSPS) is 33.6. The Labute approximate surface area is 64.0 Å². The summed E-state index contributed by atoms with van der Waals surface area (Å²) in [4.78, 5) is 0. The smallest absolute Gasteiger partial charge is 0.00461 e. The highest BCUT2D eigenvalue weighted by Crippen LogP contribution is 2.35. The SMILES string of the molecule is CC(C)[C@H]1CCCC1CN. The van der Waals surface area contributed by atoms with Crippen molar-refractivity contribution in [3.05, 3.63) is 0 Å². The van der Waals surface area contributed by atoms with Crippen LogP contribution in [0.15, 0.2) is 0 Å². The van der Waals surface area contributed by atoms with Gasteiger partial charge in [-0.3, -0.25) is 0 Å². The molecule has 1 fully saturated rings. The molecule has 0 aromatic carbocycles. The van der Waals surface area contributed by atoms with E-state index in [4.69, 9.17) is 5.73 Å². The zero-order chi connectivity index (χ0) is 7.56. The highest BCUT2D eigenvalue weighted by Gasteiger charge is 2.27. The zero-order valence-corrected chi connectivity index (χ0v) is 7.14. The van der Waals surface area contributed by atoms with E-state index in [0.717, 1.165) is 24.3 Å². The highest BCUT2D eigenvalue weighted by molar-refractivity contribution is 4.79. The molecule has 1 saturated carbocycles. The molecular weight excluding hydrogens is 122 g/mol. The van der Waals surface area contributed by atoms with Gasteiger partial charge in [0.1, 0.15) is 0 Å². The van der Waals surface area contributed by atoms with Gasteiger partial charge in [-0.25, -0.2) is 0 Å².